The zero-order valence-electron chi connectivity index (χ0n) is 10.3. The summed E-state index contributed by atoms with van der Waals surface area (Å²) in [6.07, 6.45) is -4.88. The average Bonchev–Trinajstić information content (AvgIpc) is 2.24. The van der Waals surface area contributed by atoms with Crippen molar-refractivity contribution >= 4 is 23.2 Å². The second kappa shape index (κ2) is 5.68. The molecular weight excluding hydrogens is 285 g/mol. The molecule has 19 heavy (non-hydrogen) atoms. The minimum Gasteiger partial charge on any atom is -0.357 e. The number of halogens is 4. The van der Waals surface area contributed by atoms with Gasteiger partial charge in [-0.2, -0.15) is 23.3 Å². The molecule has 1 aromatic rings. The van der Waals surface area contributed by atoms with Crippen LogP contribution in [-0.4, -0.2) is 32.7 Å². The topological polar surface area (TPSA) is 67.8 Å². The molecule has 0 aliphatic heterocycles. The predicted molar refractivity (Wildman–Crippen MR) is 62.8 cm³/mol. The first-order valence-corrected chi connectivity index (χ1v) is 5.71. The lowest BCUT2D eigenvalue weighted by atomic mass is 9.95. The Hall–Kier alpha value is -1.44. The van der Waals surface area contributed by atoms with E-state index in [2.05, 4.69) is 20.5 Å². The van der Waals surface area contributed by atoms with Crippen molar-refractivity contribution in [3.05, 3.63) is 11.5 Å². The number of anilines is 1. The normalized spacial score (nSPS) is 12.3. The molecule has 0 spiro atoms. The Morgan fingerprint density at radius 2 is 2.05 bits per heavy atom. The number of carbonyl (C=O) groups excluding carboxylic acids is 1. The van der Waals surface area contributed by atoms with Crippen LogP contribution in [0.3, 0.4) is 0 Å². The van der Waals surface area contributed by atoms with E-state index in [1.54, 1.807) is 0 Å². The van der Waals surface area contributed by atoms with E-state index in [0.717, 1.165) is 0 Å². The van der Waals surface area contributed by atoms with Crippen molar-refractivity contribution in [3.63, 3.8) is 0 Å². The number of hydrogen-bond acceptors (Lipinski definition) is 5. The zero-order chi connectivity index (χ0) is 14.7. The summed E-state index contributed by atoms with van der Waals surface area (Å²) in [4.78, 5) is 15.5. The SMILES string of the molecule is CC(C)(Nc1cnnc(Cl)n1)C(=O)CCC(F)(F)F. The summed E-state index contributed by atoms with van der Waals surface area (Å²) in [5.74, 6) is -0.412. The van der Waals surface area contributed by atoms with E-state index in [-0.39, 0.29) is 11.1 Å². The van der Waals surface area contributed by atoms with Gasteiger partial charge in [0.2, 0.25) is 5.28 Å². The van der Waals surface area contributed by atoms with Crippen molar-refractivity contribution in [2.24, 2.45) is 0 Å². The lowest BCUT2D eigenvalue weighted by Crippen LogP contribution is -2.41. The summed E-state index contributed by atoms with van der Waals surface area (Å²) in [5, 5.41) is 9.49. The van der Waals surface area contributed by atoms with Crippen LogP contribution in [0.4, 0.5) is 19.0 Å². The Morgan fingerprint density at radius 1 is 1.42 bits per heavy atom. The van der Waals surface area contributed by atoms with E-state index in [0.29, 0.717) is 0 Å². The number of nitrogens with one attached hydrogen (secondary N) is 1. The maximum Gasteiger partial charge on any atom is 0.389 e. The summed E-state index contributed by atoms with van der Waals surface area (Å²) in [7, 11) is 0. The summed E-state index contributed by atoms with van der Waals surface area (Å²) in [6.45, 7) is 2.92. The van der Waals surface area contributed by atoms with Crippen LogP contribution < -0.4 is 5.32 Å². The number of ketones is 1. The number of Topliss-reactive ketones (excluding diaryl/α,β-unsaturated/α-hetero) is 1. The Kier molecular flexibility index (Phi) is 4.67. The van der Waals surface area contributed by atoms with Gasteiger partial charge in [-0.1, -0.05) is 0 Å². The fourth-order valence-electron chi connectivity index (χ4n) is 1.30. The fourth-order valence-corrected chi connectivity index (χ4v) is 1.43. The molecule has 0 fully saturated rings. The highest BCUT2D eigenvalue weighted by molar-refractivity contribution is 6.28. The first-order chi connectivity index (χ1) is 8.60. The molecule has 1 heterocycles. The van der Waals surface area contributed by atoms with Crippen LogP contribution in [0, 0.1) is 0 Å². The quantitative estimate of drug-likeness (QED) is 0.904. The van der Waals surface area contributed by atoms with Crippen LogP contribution in [0.5, 0.6) is 0 Å². The van der Waals surface area contributed by atoms with E-state index >= 15 is 0 Å². The highest BCUT2D eigenvalue weighted by Gasteiger charge is 2.33. The van der Waals surface area contributed by atoms with E-state index < -0.39 is 30.3 Å². The van der Waals surface area contributed by atoms with Crippen LogP contribution in [0.1, 0.15) is 26.7 Å². The van der Waals surface area contributed by atoms with Gasteiger partial charge in [0.1, 0.15) is 0 Å². The monoisotopic (exact) mass is 296 g/mol. The zero-order valence-corrected chi connectivity index (χ0v) is 11.0. The van der Waals surface area contributed by atoms with Crippen molar-refractivity contribution in [2.45, 2.75) is 38.4 Å². The molecule has 0 saturated carbocycles. The van der Waals surface area contributed by atoms with Crippen molar-refractivity contribution in [1.29, 1.82) is 0 Å². The standard InChI is InChI=1S/C10H12ClF3N4O/c1-9(2,6(19)3-4-10(12,13)14)17-7-5-15-18-8(11)16-7/h5H,3-4H2,1-2H3,(H,16,17,18). The van der Waals surface area contributed by atoms with Gasteiger partial charge in [-0.25, -0.2) is 0 Å². The van der Waals surface area contributed by atoms with E-state index in [1.807, 2.05) is 0 Å². The molecule has 9 heteroatoms. The van der Waals surface area contributed by atoms with E-state index in [4.69, 9.17) is 11.6 Å². The number of hydrogen-bond donors (Lipinski definition) is 1. The van der Waals surface area contributed by atoms with Gasteiger partial charge in [0, 0.05) is 6.42 Å². The molecule has 0 bridgehead atoms. The predicted octanol–water partition coefficient (Wildman–Crippen LogP) is 2.63. The lowest BCUT2D eigenvalue weighted by Gasteiger charge is -2.25. The van der Waals surface area contributed by atoms with Gasteiger partial charge in [0.15, 0.2) is 11.6 Å². The summed E-state index contributed by atoms with van der Waals surface area (Å²) in [5.41, 5.74) is -1.20. The lowest BCUT2D eigenvalue weighted by molar-refractivity contribution is -0.144. The van der Waals surface area contributed by atoms with E-state index in [1.165, 1.54) is 20.0 Å². The molecule has 0 aliphatic rings. The highest BCUT2D eigenvalue weighted by atomic mass is 35.5. The molecule has 0 unspecified atom stereocenters. The Bertz CT molecular complexity index is 464. The largest absolute Gasteiger partial charge is 0.389 e. The number of carbonyl (C=O) groups is 1. The van der Waals surface area contributed by atoms with Crippen LogP contribution in [0.15, 0.2) is 6.20 Å². The molecule has 0 radical (unpaired) electrons. The van der Waals surface area contributed by atoms with Crippen LogP contribution in [-0.2, 0) is 4.79 Å². The molecule has 0 aliphatic carbocycles. The Labute approximate surface area is 112 Å². The number of rotatable bonds is 5. The molecule has 0 atom stereocenters. The van der Waals surface area contributed by atoms with Crippen LogP contribution in [0.2, 0.25) is 5.28 Å². The number of alkyl halides is 3. The molecule has 0 saturated heterocycles. The highest BCUT2D eigenvalue weighted by Crippen LogP contribution is 2.24. The van der Waals surface area contributed by atoms with Gasteiger partial charge in [-0.05, 0) is 25.4 Å². The maximum absolute atomic E-state index is 12.1. The second-order valence-electron chi connectivity index (χ2n) is 4.40. The van der Waals surface area contributed by atoms with Crippen molar-refractivity contribution in [1.82, 2.24) is 15.2 Å². The average molecular weight is 297 g/mol. The van der Waals surface area contributed by atoms with Gasteiger partial charge in [0.05, 0.1) is 18.2 Å². The van der Waals surface area contributed by atoms with Gasteiger partial charge in [-0.3, -0.25) is 4.79 Å². The van der Waals surface area contributed by atoms with Gasteiger partial charge in [-0.15, -0.1) is 5.10 Å². The minimum absolute atomic E-state index is 0.122. The Morgan fingerprint density at radius 3 is 2.58 bits per heavy atom. The molecule has 1 rings (SSSR count). The van der Waals surface area contributed by atoms with Gasteiger partial charge >= 0.3 is 6.18 Å². The van der Waals surface area contributed by atoms with Gasteiger partial charge < -0.3 is 5.32 Å². The molecule has 1 aromatic heterocycles. The Balaban J connectivity index is 2.67. The maximum atomic E-state index is 12.1. The van der Waals surface area contributed by atoms with Crippen molar-refractivity contribution < 1.29 is 18.0 Å². The summed E-state index contributed by atoms with van der Waals surface area (Å²) in [6, 6.07) is 0. The van der Waals surface area contributed by atoms with Crippen LogP contribution in [0.25, 0.3) is 0 Å². The first-order valence-electron chi connectivity index (χ1n) is 5.33. The molecular formula is C10H12ClF3N4O. The third-order valence-corrected chi connectivity index (χ3v) is 2.47. The summed E-state index contributed by atoms with van der Waals surface area (Å²) >= 11 is 5.52. The third kappa shape index (κ3) is 5.37. The molecule has 1 N–H and O–H groups in total. The number of nitrogens with zero attached hydrogens (tertiary/aromatic N) is 3. The van der Waals surface area contributed by atoms with Crippen LogP contribution >= 0.6 is 11.6 Å². The molecule has 106 valence electrons. The molecule has 5 nitrogen and oxygen atoms in total. The van der Waals surface area contributed by atoms with Crippen molar-refractivity contribution in [2.75, 3.05) is 5.32 Å². The second-order valence-corrected chi connectivity index (χ2v) is 4.74. The number of aromatic nitrogens is 3. The minimum atomic E-state index is -4.36. The fraction of sp³-hybridized carbons (Fsp3) is 0.600. The third-order valence-electron chi connectivity index (χ3n) is 2.31. The molecule has 0 aromatic carbocycles. The first kappa shape index (κ1) is 15.6. The van der Waals surface area contributed by atoms with Gasteiger partial charge in [0.25, 0.3) is 0 Å². The smallest absolute Gasteiger partial charge is 0.357 e. The van der Waals surface area contributed by atoms with Crippen molar-refractivity contribution in [3.8, 4) is 0 Å². The summed E-state index contributed by atoms with van der Waals surface area (Å²) < 4.78 is 36.2. The van der Waals surface area contributed by atoms with E-state index in [9.17, 15) is 18.0 Å². The molecule has 0 amide bonds.